The molecule has 1 aromatic rings. The number of ether oxygens (including phenoxy) is 1. The minimum atomic E-state index is -0.234. The highest BCUT2D eigenvalue weighted by molar-refractivity contribution is 14.0. The summed E-state index contributed by atoms with van der Waals surface area (Å²) in [5, 5.41) is 7.03. The molecule has 1 amide bonds. The Bertz CT molecular complexity index is 626. The third-order valence-electron chi connectivity index (χ3n) is 5.50. The third kappa shape index (κ3) is 6.26. The summed E-state index contributed by atoms with van der Waals surface area (Å²) in [6, 6.07) is 11.1. The Morgan fingerprint density at radius 3 is 2.48 bits per heavy atom. The number of methoxy groups -OCH3 is 1. The molecule has 2 fully saturated rings. The number of aliphatic imine (C=N–C) groups is 1. The van der Waals surface area contributed by atoms with Crippen LogP contribution in [0.4, 0.5) is 4.79 Å². The lowest BCUT2D eigenvalue weighted by atomic mass is 9.96. The van der Waals surface area contributed by atoms with Crippen LogP contribution >= 0.6 is 24.0 Å². The largest absolute Gasteiger partial charge is 0.453 e. The molecule has 3 rings (SSSR count). The number of benzene rings is 1. The van der Waals surface area contributed by atoms with Gasteiger partial charge in [-0.25, -0.2) is 4.79 Å². The Balaban J connectivity index is 0.00000261. The maximum absolute atomic E-state index is 11.6. The summed E-state index contributed by atoms with van der Waals surface area (Å²) in [7, 11) is 3.25. The Hall–Kier alpha value is -1.51. The highest BCUT2D eigenvalue weighted by Crippen LogP contribution is 2.47. The predicted octanol–water partition coefficient (Wildman–Crippen LogP) is 3.02. The second kappa shape index (κ2) is 10.1. The number of halogens is 1. The van der Waals surface area contributed by atoms with Crippen molar-refractivity contribution in [2.24, 2.45) is 10.4 Å². The number of nitrogens with zero attached hydrogens (tertiary/aromatic N) is 2. The van der Waals surface area contributed by atoms with Crippen molar-refractivity contribution in [2.75, 3.05) is 33.8 Å². The van der Waals surface area contributed by atoms with E-state index in [1.165, 1.54) is 25.5 Å². The monoisotopic (exact) mass is 486 g/mol. The predicted molar refractivity (Wildman–Crippen MR) is 119 cm³/mol. The van der Waals surface area contributed by atoms with E-state index in [1.807, 2.05) is 7.05 Å². The highest BCUT2D eigenvalue weighted by Gasteiger charge is 2.42. The van der Waals surface area contributed by atoms with Crippen LogP contribution in [0.1, 0.15) is 31.2 Å². The number of guanidine groups is 1. The normalized spacial score (nSPS) is 19.0. The molecule has 0 atom stereocenters. The lowest BCUT2D eigenvalue weighted by Gasteiger charge is -2.32. The molecule has 2 N–H and O–H groups in total. The van der Waals surface area contributed by atoms with Crippen LogP contribution in [0.3, 0.4) is 0 Å². The van der Waals surface area contributed by atoms with Gasteiger partial charge in [0.15, 0.2) is 5.96 Å². The maximum Gasteiger partial charge on any atom is 0.409 e. The van der Waals surface area contributed by atoms with Crippen LogP contribution in [0.15, 0.2) is 35.3 Å². The van der Waals surface area contributed by atoms with E-state index < -0.39 is 0 Å². The number of carbonyl (C=O) groups is 1. The van der Waals surface area contributed by atoms with Crippen LogP contribution in [-0.4, -0.2) is 56.8 Å². The van der Waals surface area contributed by atoms with Crippen molar-refractivity contribution < 1.29 is 9.53 Å². The fourth-order valence-electron chi connectivity index (χ4n) is 3.62. The van der Waals surface area contributed by atoms with Crippen molar-refractivity contribution in [3.8, 4) is 0 Å². The molecule has 27 heavy (non-hydrogen) atoms. The van der Waals surface area contributed by atoms with Crippen LogP contribution in [0.25, 0.3) is 0 Å². The lowest BCUT2D eigenvalue weighted by molar-refractivity contribution is 0.111. The molecule has 150 valence electrons. The molecule has 7 heteroatoms. The van der Waals surface area contributed by atoms with Crippen molar-refractivity contribution in [1.29, 1.82) is 0 Å². The molecule has 2 aliphatic rings. The summed E-state index contributed by atoms with van der Waals surface area (Å²) in [5.41, 5.74) is 1.78. The second-order valence-electron chi connectivity index (χ2n) is 7.46. The summed E-state index contributed by atoms with van der Waals surface area (Å²) in [5.74, 6) is 0.862. The van der Waals surface area contributed by atoms with E-state index in [2.05, 4.69) is 46.0 Å². The summed E-state index contributed by atoms with van der Waals surface area (Å²) >= 11 is 0. The van der Waals surface area contributed by atoms with Gasteiger partial charge in [-0.2, -0.15) is 0 Å². The number of hydrogen-bond donors (Lipinski definition) is 2. The first-order valence-electron chi connectivity index (χ1n) is 9.48. The minimum absolute atomic E-state index is 0. The van der Waals surface area contributed by atoms with Crippen molar-refractivity contribution in [3.05, 3.63) is 35.9 Å². The van der Waals surface area contributed by atoms with Crippen LogP contribution in [0.5, 0.6) is 0 Å². The first-order valence-corrected chi connectivity index (χ1v) is 9.48. The molecule has 6 nitrogen and oxygen atoms in total. The van der Waals surface area contributed by atoms with E-state index in [4.69, 9.17) is 4.74 Å². The van der Waals surface area contributed by atoms with E-state index in [0.717, 1.165) is 44.9 Å². The van der Waals surface area contributed by atoms with Crippen LogP contribution in [0, 0.1) is 5.41 Å². The number of rotatable bonds is 5. The van der Waals surface area contributed by atoms with E-state index in [9.17, 15) is 4.79 Å². The number of amides is 1. The molecule has 1 aliphatic carbocycles. The molecule has 1 aliphatic heterocycles. The smallest absolute Gasteiger partial charge is 0.409 e. The molecule has 0 aromatic heterocycles. The topological polar surface area (TPSA) is 66.0 Å². The average molecular weight is 486 g/mol. The summed E-state index contributed by atoms with van der Waals surface area (Å²) in [6.45, 7) is 2.39. The zero-order valence-corrected chi connectivity index (χ0v) is 18.6. The molecule has 1 heterocycles. The minimum Gasteiger partial charge on any atom is -0.453 e. The quantitative estimate of drug-likeness (QED) is 0.382. The molecule has 0 bridgehead atoms. The zero-order valence-electron chi connectivity index (χ0n) is 16.2. The molecule has 0 radical (unpaired) electrons. The van der Waals surface area contributed by atoms with Crippen LogP contribution in [0.2, 0.25) is 0 Å². The first kappa shape index (κ1) is 21.8. The Morgan fingerprint density at radius 1 is 1.26 bits per heavy atom. The van der Waals surface area contributed by atoms with Gasteiger partial charge in [-0.1, -0.05) is 30.3 Å². The zero-order chi connectivity index (χ0) is 18.4. The number of nitrogens with one attached hydrogen (secondary N) is 2. The molecule has 1 saturated heterocycles. The van der Waals surface area contributed by atoms with Crippen molar-refractivity contribution in [3.63, 3.8) is 0 Å². The van der Waals surface area contributed by atoms with E-state index >= 15 is 0 Å². The van der Waals surface area contributed by atoms with E-state index in [1.54, 1.807) is 4.90 Å². The number of likely N-dealkylation sites (tertiary alicyclic amines) is 1. The van der Waals surface area contributed by atoms with Crippen LogP contribution < -0.4 is 10.6 Å². The molecule has 0 spiro atoms. The average Bonchev–Trinajstić information content (AvgIpc) is 3.45. The van der Waals surface area contributed by atoms with Crippen molar-refractivity contribution in [2.45, 2.75) is 38.1 Å². The standard InChI is InChI=1S/C20H30N4O2.HI/c1-21-18(23-17-8-12-24(13-9-17)19(25)26-2)22-15-20(10-11-20)14-16-6-4-3-5-7-16;/h3-7,17H,8-15H2,1-2H3,(H2,21,22,23);1H. The summed E-state index contributed by atoms with van der Waals surface area (Å²) in [4.78, 5) is 17.7. The summed E-state index contributed by atoms with van der Waals surface area (Å²) in [6.07, 6.45) is 5.24. The van der Waals surface area contributed by atoms with Gasteiger partial charge in [0.2, 0.25) is 0 Å². The Morgan fingerprint density at radius 2 is 1.93 bits per heavy atom. The fraction of sp³-hybridized carbons (Fsp3) is 0.600. The van der Waals surface area contributed by atoms with Gasteiger partial charge in [-0.05, 0) is 43.1 Å². The Kier molecular flexibility index (Phi) is 8.19. The van der Waals surface area contributed by atoms with Gasteiger partial charge in [-0.3, -0.25) is 4.99 Å². The molecular weight excluding hydrogens is 455 g/mol. The van der Waals surface area contributed by atoms with Gasteiger partial charge in [-0.15, -0.1) is 24.0 Å². The van der Waals surface area contributed by atoms with Gasteiger partial charge < -0.3 is 20.3 Å². The maximum atomic E-state index is 11.6. The molecule has 0 unspecified atom stereocenters. The van der Waals surface area contributed by atoms with Crippen molar-refractivity contribution in [1.82, 2.24) is 15.5 Å². The SMILES string of the molecule is CN=C(NCC1(Cc2ccccc2)CC1)NC1CCN(C(=O)OC)CC1.I. The lowest BCUT2D eigenvalue weighted by Crippen LogP contribution is -2.50. The molecule has 1 saturated carbocycles. The van der Waals surface area contributed by atoms with Gasteiger partial charge >= 0.3 is 6.09 Å². The van der Waals surface area contributed by atoms with Gasteiger partial charge in [0.25, 0.3) is 0 Å². The van der Waals surface area contributed by atoms with Crippen LogP contribution in [-0.2, 0) is 11.2 Å². The van der Waals surface area contributed by atoms with Crippen molar-refractivity contribution >= 4 is 36.0 Å². The highest BCUT2D eigenvalue weighted by atomic mass is 127. The second-order valence-corrected chi connectivity index (χ2v) is 7.46. The Labute approximate surface area is 179 Å². The molecular formula is C20H31IN4O2. The van der Waals surface area contributed by atoms with Gasteiger partial charge in [0.05, 0.1) is 7.11 Å². The number of hydrogen-bond acceptors (Lipinski definition) is 3. The first-order chi connectivity index (χ1) is 12.6. The fourth-order valence-corrected chi connectivity index (χ4v) is 3.62. The van der Waals surface area contributed by atoms with E-state index in [-0.39, 0.29) is 30.1 Å². The summed E-state index contributed by atoms with van der Waals surface area (Å²) < 4.78 is 4.79. The number of carbonyl (C=O) groups excluding carboxylic acids is 1. The van der Waals surface area contributed by atoms with Gasteiger partial charge in [0.1, 0.15) is 0 Å². The molecule has 1 aromatic carbocycles. The number of piperidine rings is 1. The van der Waals surface area contributed by atoms with Gasteiger partial charge in [0, 0.05) is 32.7 Å². The third-order valence-corrected chi connectivity index (χ3v) is 5.50. The van der Waals surface area contributed by atoms with E-state index in [0.29, 0.717) is 11.5 Å².